The SMILES string of the molecule is [O-][NH+](O)c1c(Cl)cccc1-c1c[nH]c(Cl)c1Cl. The minimum atomic E-state index is -1.11. The first-order valence-corrected chi connectivity index (χ1v) is 5.70. The van der Waals surface area contributed by atoms with Gasteiger partial charge in [0.2, 0.25) is 0 Å². The van der Waals surface area contributed by atoms with Crippen LogP contribution in [0, 0.1) is 5.21 Å². The summed E-state index contributed by atoms with van der Waals surface area (Å²) in [6.45, 7) is 0. The Kier molecular flexibility index (Phi) is 3.63. The Balaban J connectivity index is 2.67. The molecule has 0 fully saturated rings. The van der Waals surface area contributed by atoms with Gasteiger partial charge in [-0.15, -0.1) is 0 Å². The van der Waals surface area contributed by atoms with Crippen molar-refractivity contribution in [2.75, 3.05) is 0 Å². The van der Waals surface area contributed by atoms with Crippen molar-refractivity contribution in [2.45, 2.75) is 0 Å². The number of hydrogen-bond acceptors (Lipinski definition) is 2. The van der Waals surface area contributed by atoms with Crippen LogP contribution in [0.3, 0.4) is 0 Å². The van der Waals surface area contributed by atoms with Gasteiger partial charge < -0.3 is 10.2 Å². The number of quaternary nitrogens is 1. The van der Waals surface area contributed by atoms with E-state index < -0.39 is 5.23 Å². The molecule has 0 saturated heterocycles. The van der Waals surface area contributed by atoms with E-state index in [1.165, 1.54) is 6.07 Å². The largest absolute Gasteiger partial charge is 0.595 e. The Bertz CT molecular complexity index is 554. The highest BCUT2D eigenvalue weighted by atomic mass is 35.5. The molecule has 0 aliphatic heterocycles. The predicted molar refractivity (Wildman–Crippen MR) is 67.0 cm³/mol. The van der Waals surface area contributed by atoms with Gasteiger partial charge in [0.25, 0.3) is 0 Å². The van der Waals surface area contributed by atoms with Crippen molar-refractivity contribution in [1.29, 1.82) is 0 Å². The second-order valence-electron chi connectivity index (χ2n) is 3.30. The number of halogens is 3. The van der Waals surface area contributed by atoms with Crippen LogP contribution in [0.1, 0.15) is 0 Å². The van der Waals surface area contributed by atoms with Gasteiger partial charge in [-0.05, 0) is 12.1 Å². The van der Waals surface area contributed by atoms with Crippen LogP contribution in [-0.2, 0) is 0 Å². The number of benzene rings is 1. The fourth-order valence-electron chi connectivity index (χ4n) is 1.54. The molecule has 1 aromatic carbocycles. The van der Waals surface area contributed by atoms with E-state index in [1.807, 2.05) is 0 Å². The summed E-state index contributed by atoms with van der Waals surface area (Å²) < 4.78 is 0. The smallest absolute Gasteiger partial charge is 0.190 e. The van der Waals surface area contributed by atoms with Crippen molar-refractivity contribution in [2.24, 2.45) is 0 Å². The molecule has 0 bridgehead atoms. The highest BCUT2D eigenvalue weighted by Crippen LogP contribution is 2.38. The number of nitrogens with one attached hydrogen (secondary N) is 2. The predicted octanol–water partition coefficient (Wildman–Crippen LogP) is 3.05. The van der Waals surface area contributed by atoms with Crippen molar-refractivity contribution in [3.8, 4) is 11.1 Å². The van der Waals surface area contributed by atoms with Crippen LogP contribution in [-0.4, -0.2) is 10.2 Å². The Morgan fingerprint density at radius 3 is 2.41 bits per heavy atom. The summed E-state index contributed by atoms with van der Waals surface area (Å²) in [4.78, 5) is 2.72. The zero-order valence-corrected chi connectivity index (χ0v) is 10.6. The van der Waals surface area contributed by atoms with Crippen LogP contribution >= 0.6 is 34.8 Å². The first-order valence-electron chi connectivity index (χ1n) is 4.57. The van der Waals surface area contributed by atoms with Gasteiger partial charge >= 0.3 is 0 Å². The molecule has 0 aliphatic rings. The molecule has 1 atom stereocenters. The molecule has 0 aliphatic carbocycles. The van der Waals surface area contributed by atoms with Crippen molar-refractivity contribution < 1.29 is 10.4 Å². The van der Waals surface area contributed by atoms with Crippen LogP contribution in [0.25, 0.3) is 11.1 Å². The number of hydrogen-bond donors (Lipinski definition) is 3. The van der Waals surface area contributed by atoms with Gasteiger partial charge in [-0.25, -0.2) is 5.21 Å². The Morgan fingerprint density at radius 1 is 1.18 bits per heavy atom. The van der Waals surface area contributed by atoms with E-state index in [-0.39, 0.29) is 20.9 Å². The lowest BCUT2D eigenvalue weighted by molar-refractivity contribution is -0.990. The molecular weight excluding hydrogens is 286 g/mol. The molecule has 0 saturated carbocycles. The second-order valence-corrected chi connectivity index (χ2v) is 4.46. The standard InChI is InChI=1S/C10H7Cl3N2O2/c11-7-3-1-2-5(9(7)15(16)17)6-4-14-10(13)8(6)12/h1-4,14-16H. The van der Waals surface area contributed by atoms with E-state index in [0.717, 1.165) is 0 Å². The van der Waals surface area contributed by atoms with E-state index in [2.05, 4.69) is 4.98 Å². The number of aromatic amines is 1. The van der Waals surface area contributed by atoms with Gasteiger partial charge in [-0.2, -0.15) is 5.23 Å². The van der Waals surface area contributed by atoms with E-state index in [0.29, 0.717) is 11.1 Å². The second kappa shape index (κ2) is 4.86. The van der Waals surface area contributed by atoms with Crippen LogP contribution in [0.2, 0.25) is 15.2 Å². The van der Waals surface area contributed by atoms with E-state index in [9.17, 15) is 5.21 Å². The van der Waals surface area contributed by atoms with Gasteiger partial charge in [0, 0.05) is 11.8 Å². The topological polar surface area (TPSA) is 63.5 Å². The lowest BCUT2D eigenvalue weighted by Gasteiger charge is -2.16. The van der Waals surface area contributed by atoms with E-state index in [1.54, 1.807) is 18.3 Å². The lowest BCUT2D eigenvalue weighted by atomic mass is 10.1. The summed E-state index contributed by atoms with van der Waals surface area (Å²) in [5, 5.41) is 19.9. The summed E-state index contributed by atoms with van der Waals surface area (Å²) >= 11 is 17.6. The molecule has 1 unspecified atom stereocenters. The highest BCUT2D eigenvalue weighted by Gasteiger charge is 2.19. The summed E-state index contributed by atoms with van der Waals surface area (Å²) in [7, 11) is 0. The van der Waals surface area contributed by atoms with Crippen molar-refractivity contribution in [3.63, 3.8) is 0 Å². The van der Waals surface area contributed by atoms with Crippen LogP contribution in [0.15, 0.2) is 24.4 Å². The minimum Gasteiger partial charge on any atom is -0.595 e. The first-order chi connectivity index (χ1) is 8.02. The maximum Gasteiger partial charge on any atom is 0.190 e. The Morgan fingerprint density at radius 2 is 1.88 bits per heavy atom. The average Bonchev–Trinajstić information content (AvgIpc) is 2.59. The van der Waals surface area contributed by atoms with Crippen LogP contribution in [0.5, 0.6) is 0 Å². The number of H-pyrrole nitrogens is 1. The van der Waals surface area contributed by atoms with Crippen LogP contribution < -0.4 is 5.23 Å². The molecule has 4 nitrogen and oxygen atoms in total. The van der Waals surface area contributed by atoms with Crippen molar-refractivity contribution in [3.05, 3.63) is 44.8 Å². The van der Waals surface area contributed by atoms with E-state index >= 15 is 0 Å². The molecule has 2 rings (SSSR count). The van der Waals surface area contributed by atoms with Gasteiger partial charge in [0.1, 0.15) is 10.2 Å². The van der Waals surface area contributed by atoms with Crippen molar-refractivity contribution in [1.82, 2.24) is 4.98 Å². The third-order valence-corrected chi connectivity index (χ3v) is 3.39. The molecule has 7 heteroatoms. The zero-order chi connectivity index (χ0) is 12.6. The summed E-state index contributed by atoms with van der Waals surface area (Å²) in [5.41, 5.74) is 0.946. The monoisotopic (exact) mass is 292 g/mol. The highest BCUT2D eigenvalue weighted by molar-refractivity contribution is 6.43. The summed E-state index contributed by atoms with van der Waals surface area (Å²) in [5.74, 6) is 0. The number of rotatable bonds is 2. The molecule has 0 amide bonds. The molecule has 3 N–H and O–H groups in total. The molecular formula is C10H7Cl3N2O2. The van der Waals surface area contributed by atoms with Gasteiger partial charge in [-0.1, -0.05) is 40.9 Å². The van der Waals surface area contributed by atoms with Gasteiger partial charge in [-0.3, -0.25) is 0 Å². The molecule has 0 radical (unpaired) electrons. The molecule has 1 aromatic heterocycles. The third-order valence-electron chi connectivity index (χ3n) is 2.29. The Labute approximate surface area is 112 Å². The number of para-hydroxylation sites is 1. The normalized spacial score (nSPS) is 12.8. The molecule has 2 aromatic rings. The third kappa shape index (κ3) is 2.28. The summed E-state index contributed by atoms with van der Waals surface area (Å²) in [6, 6.07) is 4.79. The van der Waals surface area contributed by atoms with Crippen molar-refractivity contribution >= 4 is 40.5 Å². The quantitative estimate of drug-likeness (QED) is 0.745. The van der Waals surface area contributed by atoms with Gasteiger partial charge in [0.05, 0.1) is 10.6 Å². The first kappa shape index (κ1) is 12.7. The number of aromatic nitrogens is 1. The Hall–Kier alpha value is -0.750. The fraction of sp³-hybridized carbons (Fsp3) is 0. The molecule has 0 spiro atoms. The minimum absolute atomic E-state index is 0.00623. The average molecular weight is 294 g/mol. The lowest BCUT2D eigenvalue weighted by Crippen LogP contribution is -2.99. The zero-order valence-electron chi connectivity index (χ0n) is 8.30. The maximum absolute atomic E-state index is 11.2. The fourth-order valence-corrected chi connectivity index (χ4v) is 2.17. The van der Waals surface area contributed by atoms with Crippen LogP contribution in [0.4, 0.5) is 5.69 Å². The maximum atomic E-state index is 11.2. The summed E-state index contributed by atoms with van der Waals surface area (Å²) in [6.07, 6.45) is 1.54. The molecule has 17 heavy (non-hydrogen) atoms. The molecule has 1 heterocycles. The molecule has 90 valence electrons. The van der Waals surface area contributed by atoms with E-state index in [4.69, 9.17) is 40.0 Å². The van der Waals surface area contributed by atoms with Gasteiger partial charge in [0.15, 0.2) is 5.69 Å².